The first-order chi connectivity index (χ1) is 17.5. The SMILES string of the molecule is CC(=O)N1c2ccccc2NC2=C[C@H](c3ccc(C(C)(C)C)cc3)CC(=O)[C@H]2[C@H]1c1ccc(Cl)cc1Cl. The van der Waals surface area contributed by atoms with Crippen LogP contribution in [0, 0.1) is 5.92 Å². The normalized spacial score (nSPS) is 21.4. The standard InChI is InChI=1S/C31H30Cl2N2O2/c1-18(36)35-27-8-6-5-7-25(27)34-26-15-20(19-9-11-21(12-10-19)31(2,3)4)16-28(37)29(26)30(35)23-14-13-22(32)17-24(23)33/h5-15,17,20,29-30,34H,16H2,1-4H3/t20-,29-,30+/m0/s1. The second kappa shape index (κ2) is 9.66. The Bertz CT molecular complexity index is 1410. The molecule has 37 heavy (non-hydrogen) atoms. The molecular weight excluding hydrogens is 503 g/mol. The van der Waals surface area contributed by atoms with E-state index in [-0.39, 0.29) is 23.0 Å². The average molecular weight is 533 g/mol. The third-order valence-electron chi connectivity index (χ3n) is 7.35. The summed E-state index contributed by atoms with van der Waals surface area (Å²) in [6.45, 7) is 8.09. The van der Waals surface area contributed by atoms with E-state index in [2.05, 4.69) is 56.4 Å². The zero-order valence-corrected chi connectivity index (χ0v) is 22.9. The van der Waals surface area contributed by atoms with Gasteiger partial charge in [0.25, 0.3) is 0 Å². The van der Waals surface area contributed by atoms with Crippen molar-refractivity contribution in [1.29, 1.82) is 0 Å². The number of nitrogens with one attached hydrogen (secondary N) is 1. The number of amides is 1. The van der Waals surface area contributed by atoms with Crippen molar-refractivity contribution in [2.24, 2.45) is 5.92 Å². The molecule has 3 aromatic carbocycles. The number of hydrogen-bond donors (Lipinski definition) is 1. The number of Topliss-reactive ketones (excluding diaryl/α,β-unsaturated/α-hetero) is 1. The number of carbonyl (C=O) groups is 2. The molecular formula is C31H30Cl2N2O2. The van der Waals surface area contributed by atoms with Gasteiger partial charge in [0.2, 0.25) is 5.91 Å². The van der Waals surface area contributed by atoms with E-state index in [1.54, 1.807) is 17.0 Å². The fourth-order valence-corrected chi connectivity index (χ4v) is 6.00. The highest BCUT2D eigenvalue weighted by atomic mass is 35.5. The van der Waals surface area contributed by atoms with Crippen LogP contribution >= 0.6 is 23.2 Å². The summed E-state index contributed by atoms with van der Waals surface area (Å²) < 4.78 is 0. The molecule has 1 amide bonds. The Hall–Kier alpha value is -3.08. The van der Waals surface area contributed by atoms with Crippen molar-refractivity contribution in [3.63, 3.8) is 0 Å². The largest absolute Gasteiger partial charge is 0.357 e. The highest BCUT2D eigenvalue weighted by Gasteiger charge is 2.45. The lowest BCUT2D eigenvalue weighted by Crippen LogP contribution is -2.41. The minimum atomic E-state index is -0.610. The molecule has 0 radical (unpaired) electrons. The van der Waals surface area contributed by atoms with Crippen molar-refractivity contribution >= 4 is 46.3 Å². The topological polar surface area (TPSA) is 49.4 Å². The third-order valence-corrected chi connectivity index (χ3v) is 7.91. The predicted molar refractivity (Wildman–Crippen MR) is 152 cm³/mol. The number of carbonyl (C=O) groups excluding carboxylic acids is 2. The number of para-hydroxylation sites is 2. The molecule has 0 saturated heterocycles. The van der Waals surface area contributed by atoms with Crippen molar-refractivity contribution in [2.75, 3.05) is 10.2 Å². The number of rotatable bonds is 2. The zero-order chi connectivity index (χ0) is 26.5. The third kappa shape index (κ3) is 4.81. The van der Waals surface area contributed by atoms with Gasteiger partial charge in [-0.05, 0) is 46.4 Å². The van der Waals surface area contributed by atoms with Crippen LogP contribution < -0.4 is 10.2 Å². The lowest BCUT2D eigenvalue weighted by molar-refractivity contribution is -0.123. The van der Waals surface area contributed by atoms with E-state index in [4.69, 9.17) is 23.2 Å². The van der Waals surface area contributed by atoms with Gasteiger partial charge in [-0.15, -0.1) is 0 Å². The summed E-state index contributed by atoms with van der Waals surface area (Å²) in [4.78, 5) is 28.8. The molecule has 1 heterocycles. The quantitative estimate of drug-likeness (QED) is 0.363. The van der Waals surface area contributed by atoms with Crippen LogP contribution in [-0.2, 0) is 15.0 Å². The molecule has 0 saturated carbocycles. The summed E-state index contributed by atoms with van der Waals surface area (Å²) in [5, 5.41) is 4.45. The van der Waals surface area contributed by atoms with Crippen molar-refractivity contribution < 1.29 is 9.59 Å². The minimum Gasteiger partial charge on any atom is -0.357 e. The number of allylic oxidation sites excluding steroid dienone is 1. The van der Waals surface area contributed by atoms with Crippen LogP contribution in [0.25, 0.3) is 0 Å². The molecule has 0 unspecified atom stereocenters. The van der Waals surface area contributed by atoms with Gasteiger partial charge in [0.15, 0.2) is 0 Å². The van der Waals surface area contributed by atoms with E-state index >= 15 is 0 Å². The summed E-state index contributed by atoms with van der Waals surface area (Å²) in [7, 11) is 0. The molecule has 3 aromatic rings. The second-order valence-electron chi connectivity index (χ2n) is 10.9. The zero-order valence-electron chi connectivity index (χ0n) is 21.4. The number of anilines is 2. The monoisotopic (exact) mass is 532 g/mol. The number of fused-ring (bicyclic) bond motifs is 2. The molecule has 0 aromatic heterocycles. The van der Waals surface area contributed by atoms with Gasteiger partial charge in [0.05, 0.1) is 23.3 Å². The van der Waals surface area contributed by atoms with Crippen LogP contribution in [-0.4, -0.2) is 11.7 Å². The number of benzene rings is 3. The van der Waals surface area contributed by atoms with Crippen LogP contribution in [0.3, 0.4) is 0 Å². The second-order valence-corrected chi connectivity index (χ2v) is 11.7. The highest BCUT2D eigenvalue weighted by molar-refractivity contribution is 6.35. The summed E-state index contributed by atoms with van der Waals surface area (Å²) >= 11 is 12.9. The van der Waals surface area contributed by atoms with Gasteiger partial charge in [0, 0.05) is 35.0 Å². The summed E-state index contributed by atoms with van der Waals surface area (Å²) in [5.74, 6) is -0.776. The van der Waals surface area contributed by atoms with Crippen LogP contribution in [0.15, 0.2) is 78.5 Å². The number of hydrogen-bond acceptors (Lipinski definition) is 3. The molecule has 0 fully saturated rings. The van der Waals surface area contributed by atoms with E-state index in [0.717, 1.165) is 16.9 Å². The van der Waals surface area contributed by atoms with E-state index in [9.17, 15) is 9.59 Å². The maximum absolute atomic E-state index is 14.0. The first-order valence-corrected chi connectivity index (χ1v) is 13.3. The fraction of sp³-hybridized carbons (Fsp3) is 0.290. The maximum Gasteiger partial charge on any atom is 0.224 e. The summed E-state index contributed by atoms with van der Waals surface area (Å²) in [5.41, 5.74) is 5.36. The summed E-state index contributed by atoms with van der Waals surface area (Å²) in [6.07, 6.45) is 2.49. The molecule has 2 aliphatic rings. The lowest BCUT2D eigenvalue weighted by atomic mass is 9.75. The molecule has 1 aliphatic carbocycles. The number of halogens is 2. The average Bonchev–Trinajstić information content (AvgIpc) is 2.98. The molecule has 3 atom stereocenters. The predicted octanol–water partition coefficient (Wildman–Crippen LogP) is 8.07. The maximum atomic E-state index is 14.0. The van der Waals surface area contributed by atoms with Crippen molar-refractivity contribution in [3.8, 4) is 0 Å². The molecule has 1 N–H and O–H groups in total. The van der Waals surface area contributed by atoms with E-state index in [0.29, 0.717) is 27.7 Å². The van der Waals surface area contributed by atoms with Gasteiger partial charge in [-0.2, -0.15) is 0 Å². The van der Waals surface area contributed by atoms with Gasteiger partial charge in [-0.1, -0.05) is 92.5 Å². The number of ketones is 1. The van der Waals surface area contributed by atoms with Crippen molar-refractivity contribution in [1.82, 2.24) is 0 Å². The van der Waals surface area contributed by atoms with Crippen LogP contribution in [0.1, 0.15) is 62.8 Å². The minimum absolute atomic E-state index is 0.0538. The van der Waals surface area contributed by atoms with Crippen LogP contribution in [0.2, 0.25) is 10.0 Å². The van der Waals surface area contributed by atoms with Crippen LogP contribution in [0.4, 0.5) is 11.4 Å². The summed E-state index contributed by atoms with van der Waals surface area (Å²) in [6, 6.07) is 20.8. The molecule has 190 valence electrons. The van der Waals surface area contributed by atoms with Gasteiger partial charge in [-0.25, -0.2) is 0 Å². The molecule has 5 rings (SSSR count). The molecule has 4 nitrogen and oxygen atoms in total. The molecule has 0 bridgehead atoms. The number of nitrogens with zero attached hydrogens (tertiary/aromatic N) is 1. The molecule has 0 spiro atoms. The van der Waals surface area contributed by atoms with Gasteiger partial charge < -0.3 is 10.2 Å². The highest BCUT2D eigenvalue weighted by Crippen LogP contribution is 2.49. The van der Waals surface area contributed by atoms with E-state index < -0.39 is 12.0 Å². The smallest absolute Gasteiger partial charge is 0.224 e. The van der Waals surface area contributed by atoms with Gasteiger partial charge >= 0.3 is 0 Å². The first-order valence-electron chi connectivity index (χ1n) is 12.5. The Morgan fingerprint density at radius 2 is 1.70 bits per heavy atom. The molecule has 6 heteroatoms. The van der Waals surface area contributed by atoms with E-state index in [1.807, 2.05) is 30.3 Å². The Labute approximate surface area is 228 Å². The Balaban J connectivity index is 1.67. The van der Waals surface area contributed by atoms with Gasteiger partial charge in [-0.3, -0.25) is 9.59 Å². The Morgan fingerprint density at radius 3 is 2.35 bits per heavy atom. The van der Waals surface area contributed by atoms with Crippen LogP contribution in [0.5, 0.6) is 0 Å². The Kier molecular flexibility index (Phi) is 6.68. The lowest BCUT2D eigenvalue weighted by Gasteiger charge is -2.37. The first kappa shape index (κ1) is 25.6. The fourth-order valence-electron chi connectivity index (χ4n) is 5.48. The molecule has 1 aliphatic heterocycles. The van der Waals surface area contributed by atoms with Crippen molar-refractivity contribution in [2.45, 2.75) is 51.5 Å². The van der Waals surface area contributed by atoms with Crippen molar-refractivity contribution in [3.05, 3.63) is 105 Å². The van der Waals surface area contributed by atoms with E-state index in [1.165, 1.54) is 12.5 Å². The Morgan fingerprint density at radius 1 is 1.00 bits per heavy atom. The van der Waals surface area contributed by atoms with Gasteiger partial charge in [0.1, 0.15) is 5.78 Å².